The van der Waals surface area contributed by atoms with Gasteiger partial charge < -0.3 is 4.74 Å². The Balaban J connectivity index is 4.91. The summed E-state index contributed by atoms with van der Waals surface area (Å²) in [5, 5.41) is 0. The summed E-state index contributed by atoms with van der Waals surface area (Å²) in [6.07, 6.45) is -8.33. The number of hydrogen-bond donors (Lipinski definition) is 0. The molecule has 0 radical (unpaired) electrons. The molecular formula is C9H11F7O2. The highest BCUT2D eigenvalue weighted by Gasteiger charge is 2.72. The zero-order valence-electron chi connectivity index (χ0n) is 9.45. The Bertz CT molecular complexity index is 298. The van der Waals surface area contributed by atoms with Crippen molar-refractivity contribution in [3.63, 3.8) is 0 Å². The molecule has 9 heteroatoms. The third-order valence-corrected chi connectivity index (χ3v) is 2.07. The number of halogens is 7. The molecule has 0 aliphatic carbocycles. The molecule has 1 unspecified atom stereocenters. The summed E-state index contributed by atoms with van der Waals surface area (Å²) in [6, 6.07) is 0. The third kappa shape index (κ3) is 3.49. The van der Waals surface area contributed by atoms with E-state index in [0.717, 1.165) is 6.92 Å². The zero-order valence-corrected chi connectivity index (χ0v) is 9.45. The summed E-state index contributed by atoms with van der Waals surface area (Å²) in [5.41, 5.74) is 0. The Morgan fingerprint density at radius 2 is 1.56 bits per heavy atom. The van der Waals surface area contributed by atoms with Crippen molar-refractivity contribution in [2.45, 2.75) is 38.3 Å². The van der Waals surface area contributed by atoms with Crippen molar-refractivity contribution < 1.29 is 40.3 Å². The van der Waals surface area contributed by atoms with Gasteiger partial charge in [-0.2, -0.15) is 30.7 Å². The van der Waals surface area contributed by atoms with E-state index in [2.05, 4.69) is 4.74 Å². The van der Waals surface area contributed by atoms with Crippen LogP contribution >= 0.6 is 0 Å². The zero-order chi connectivity index (χ0) is 14.8. The molecule has 2 nitrogen and oxygen atoms in total. The van der Waals surface area contributed by atoms with E-state index in [1.54, 1.807) is 0 Å². The first-order valence-corrected chi connectivity index (χ1v) is 4.85. The lowest BCUT2D eigenvalue weighted by Gasteiger charge is -2.29. The summed E-state index contributed by atoms with van der Waals surface area (Å²) in [7, 11) is 0. The molecule has 0 amide bonds. The maximum Gasteiger partial charge on any atom is 0.459 e. The molecule has 0 saturated carbocycles. The molecule has 0 bridgehead atoms. The summed E-state index contributed by atoms with van der Waals surface area (Å²) in [5.74, 6) is -14.6. The summed E-state index contributed by atoms with van der Waals surface area (Å²) < 4.78 is 90.3. The normalized spacial score (nSPS) is 15.4. The van der Waals surface area contributed by atoms with E-state index < -0.39 is 36.3 Å². The van der Waals surface area contributed by atoms with Gasteiger partial charge in [0.25, 0.3) is 0 Å². The number of carbonyl (C=O) groups excluding carboxylic acids is 1. The molecule has 0 aromatic carbocycles. The van der Waals surface area contributed by atoms with Gasteiger partial charge in [-0.1, -0.05) is 6.92 Å². The van der Waals surface area contributed by atoms with Gasteiger partial charge in [0.05, 0.1) is 12.5 Å². The molecule has 0 saturated heterocycles. The predicted octanol–water partition coefficient (Wildman–Crippen LogP) is 3.41. The van der Waals surface area contributed by atoms with Crippen LogP contribution in [-0.4, -0.2) is 30.6 Å². The molecule has 0 aromatic heterocycles. The van der Waals surface area contributed by atoms with Crippen molar-refractivity contribution in [3.05, 3.63) is 0 Å². The minimum atomic E-state index is -6.38. The van der Waals surface area contributed by atoms with Crippen LogP contribution in [0.4, 0.5) is 30.7 Å². The fourth-order valence-electron chi connectivity index (χ4n) is 1.09. The van der Waals surface area contributed by atoms with Gasteiger partial charge in [-0.3, -0.25) is 4.79 Å². The van der Waals surface area contributed by atoms with Gasteiger partial charge in [0.1, 0.15) is 0 Å². The minimum absolute atomic E-state index is 0.190. The molecule has 108 valence electrons. The van der Waals surface area contributed by atoms with Crippen LogP contribution in [0.15, 0.2) is 0 Å². The van der Waals surface area contributed by atoms with Crippen molar-refractivity contribution in [1.82, 2.24) is 0 Å². The molecule has 0 heterocycles. The van der Waals surface area contributed by atoms with Crippen LogP contribution < -0.4 is 0 Å². The van der Waals surface area contributed by atoms with Crippen LogP contribution in [0.2, 0.25) is 0 Å². The van der Waals surface area contributed by atoms with E-state index >= 15 is 0 Å². The summed E-state index contributed by atoms with van der Waals surface area (Å²) in [4.78, 5) is 10.9. The molecule has 0 N–H and O–H groups in total. The van der Waals surface area contributed by atoms with Crippen molar-refractivity contribution in [2.75, 3.05) is 6.61 Å². The molecule has 0 aliphatic rings. The van der Waals surface area contributed by atoms with E-state index in [-0.39, 0.29) is 6.61 Å². The maximum absolute atomic E-state index is 12.9. The lowest BCUT2D eigenvalue weighted by atomic mass is 9.98. The Morgan fingerprint density at radius 1 is 1.11 bits per heavy atom. The van der Waals surface area contributed by atoms with Gasteiger partial charge in [-0.25, -0.2) is 0 Å². The highest BCUT2D eigenvalue weighted by molar-refractivity contribution is 5.72. The highest BCUT2D eigenvalue weighted by atomic mass is 19.4. The molecular weight excluding hydrogens is 273 g/mol. The number of esters is 1. The van der Waals surface area contributed by atoms with Gasteiger partial charge in [0.15, 0.2) is 0 Å². The minimum Gasteiger partial charge on any atom is -0.466 e. The van der Waals surface area contributed by atoms with Crippen LogP contribution in [0.25, 0.3) is 0 Å². The van der Waals surface area contributed by atoms with Crippen LogP contribution in [0, 0.1) is 5.92 Å². The smallest absolute Gasteiger partial charge is 0.459 e. The first-order chi connectivity index (χ1) is 7.87. The van der Waals surface area contributed by atoms with Crippen LogP contribution in [-0.2, 0) is 9.53 Å². The predicted molar refractivity (Wildman–Crippen MR) is 46.4 cm³/mol. The van der Waals surface area contributed by atoms with Gasteiger partial charge >= 0.3 is 24.0 Å². The van der Waals surface area contributed by atoms with E-state index in [1.165, 1.54) is 6.92 Å². The molecule has 0 fully saturated rings. The monoisotopic (exact) mass is 284 g/mol. The average molecular weight is 284 g/mol. The van der Waals surface area contributed by atoms with Crippen LogP contribution in [0.5, 0.6) is 0 Å². The first kappa shape index (κ1) is 17.0. The molecule has 0 aromatic rings. The molecule has 1 atom stereocenters. The standard InChI is InChI=1S/C9H11F7O2/c1-3-18-6(17)5(2)4-7(10,11)8(12,13)9(14,15)16/h5H,3-4H2,1-2H3. The van der Waals surface area contributed by atoms with Crippen molar-refractivity contribution >= 4 is 5.97 Å². The van der Waals surface area contributed by atoms with E-state index in [1.807, 2.05) is 0 Å². The van der Waals surface area contributed by atoms with Crippen LogP contribution in [0.3, 0.4) is 0 Å². The van der Waals surface area contributed by atoms with E-state index in [0.29, 0.717) is 0 Å². The molecule has 0 spiro atoms. The Morgan fingerprint density at radius 3 is 1.89 bits per heavy atom. The van der Waals surface area contributed by atoms with E-state index in [4.69, 9.17) is 0 Å². The topological polar surface area (TPSA) is 26.3 Å². The largest absolute Gasteiger partial charge is 0.466 e. The number of carbonyl (C=O) groups is 1. The summed E-state index contributed by atoms with van der Waals surface area (Å²) in [6.45, 7) is 1.94. The number of alkyl halides is 7. The second-order valence-corrected chi connectivity index (χ2v) is 3.63. The SMILES string of the molecule is CCOC(=O)C(C)CC(F)(F)C(F)(F)C(F)(F)F. The lowest BCUT2D eigenvalue weighted by Crippen LogP contribution is -2.52. The van der Waals surface area contributed by atoms with Crippen LogP contribution in [0.1, 0.15) is 20.3 Å². The van der Waals surface area contributed by atoms with Crippen molar-refractivity contribution in [3.8, 4) is 0 Å². The fourth-order valence-corrected chi connectivity index (χ4v) is 1.09. The highest BCUT2D eigenvalue weighted by Crippen LogP contribution is 2.49. The number of hydrogen-bond acceptors (Lipinski definition) is 2. The Hall–Kier alpha value is -1.02. The van der Waals surface area contributed by atoms with Crippen molar-refractivity contribution in [1.29, 1.82) is 0 Å². The molecule has 0 aliphatic heterocycles. The van der Waals surface area contributed by atoms with Crippen molar-refractivity contribution in [2.24, 2.45) is 5.92 Å². The third-order valence-electron chi connectivity index (χ3n) is 2.07. The Labute approximate surface area is 98.1 Å². The number of ether oxygens (including phenoxy) is 1. The maximum atomic E-state index is 12.9. The second kappa shape index (κ2) is 5.31. The lowest BCUT2D eigenvalue weighted by molar-refractivity contribution is -0.357. The molecule has 0 rings (SSSR count). The van der Waals surface area contributed by atoms with E-state index in [9.17, 15) is 35.5 Å². The van der Waals surface area contributed by atoms with Gasteiger partial charge in [0.2, 0.25) is 0 Å². The fraction of sp³-hybridized carbons (Fsp3) is 0.889. The number of rotatable bonds is 5. The Kier molecular flexibility index (Phi) is 5.01. The first-order valence-electron chi connectivity index (χ1n) is 4.85. The average Bonchev–Trinajstić information content (AvgIpc) is 2.15. The van der Waals surface area contributed by atoms with Gasteiger partial charge in [0, 0.05) is 6.42 Å². The second-order valence-electron chi connectivity index (χ2n) is 3.63. The van der Waals surface area contributed by atoms with Gasteiger partial charge in [-0.05, 0) is 6.92 Å². The van der Waals surface area contributed by atoms with Gasteiger partial charge in [-0.15, -0.1) is 0 Å². The summed E-state index contributed by atoms with van der Waals surface area (Å²) >= 11 is 0. The molecule has 18 heavy (non-hydrogen) atoms. The quantitative estimate of drug-likeness (QED) is 0.571.